The van der Waals surface area contributed by atoms with E-state index in [1.807, 2.05) is 10.8 Å². The second-order valence-corrected chi connectivity index (χ2v) is 5.88. The highest BCUT2D eigenvalue weighted by atomic mass is 35.5. The summed E-state index contributed by atoms with van der Waals surface area (Å²) in [6, 6.07) is 3.20. The molecule has 5 nitrogen and oxygen atoms in total. The Morgan fingerprint density at radius 2 is 1.91 bits per heavy atom. The molecule has 0 radical (unpaired) electrons. The highest BCUT2D eigenvalue weighted by Crippen LogP contribution is 2.23. The van der Waals surface area contributed by atoms with Gasteiger partial charge in [-0.2, -0.15) is 0 Å². The number of imidazole rings is 1. The first kappa shape index (κ1) is 15.1. The van der Waals surface area contributed by atoms with E-state index < -0.39 is 0 Å². The lowest BCUT2D eigenvalue weighted by Crippen LogP contribution is -2.21. The summed E-state index contributed by atoms with van der Waals surface area (Å²) in [5.74, 6) is 0. The number of hydrogen-bond donors (Lipinski definition) is 0. The molecular formula is C15H14Cl2N4O. The van der Waals surface area contributed by atoms with Gasteiger partial charge in [0, 0.05) is 30.5 Å². The lowest BCUT2D eigenvalue weighted by molar-refractivity contribution is 0.542. The summed E-state index contributed by atoms with van der Waals surface area (Å²) < 4.78 is 3.61. The van der Waals surface area contributed by atoms with Crippen molar-refractivity contribution in [3.05, 3.63) is 57.6 Å². The highest BCUT2D eigenvalue weighted by molar-refractivity contribution is 6.38. The first-order valence-electron chi connectivity index (χ1n) is 6.95. The van der Waals surface area contributed by atoms with E-state index in [0.717, 1.165) is 19.4 Å². The third-order valence-corrected chi connectivity index (χ3v) is 3.98. The Labute approximate surface area is 137 Å². The minimum Gasteiger partial charge on any atom is -0.337 e. The zero-order chi connectivity index (χ0) is 15.5. The number of aromatic nitrogens is 4. The van der Waals surface area contributed by atoms with E-state index in [0.29, 0.717) is 27.5 Å². The van der Waals surface area contributed by atoms with Crippen LogP contribution >= 0.6 is 23.2 Å². The molecule has 0 atom stereocenters. The molecule has 0 bridgehead atoms. The number of unbranched alkanes of at least 4 members (excludes halogenated alkanes) is 1. The molecule has 114 valence electrons. The lowest BCUT2D eigenvalue weighted by atomic mass is 10.2. The predicted molar refractivity (Wildman–Crippen MR) is 87.5 cm³/mol. The summed E-state index contributed by atoms with van der Waals surface area (Å²) in [4.78, 5) is 20.7. The van der Waals surface area contributed by atoms with Crippen LogP contribution in [0.4, 0.5) is 0 Å². The number of nitrogens with zero attached hydrogens (tertiary/aromatic N) is 4. The van der Waals surface area contributed by atoms with Crippen molar-refractivity contribution in [1.29, 1.82) is 0 Å². The number of benzene rings is 1. The molecule has 0 N–H and O–H groups in total. The second kappa shape index (κ2) is 6.50. The van der Waals surface area contributed by atoms with Crippen molar-refractivity contribution in [1.82, 2.24) is 19.1 Å². The van der Waals surface area contributed by atoms with E-state index in [1.165, 1.54) is 0 Å². The van der Waals surface area contributed by atoms with E-state index in [4.69, 9.17) is 23.2 Å². The smallest absolute Gasteiger partial charge is 0.261 e. The van der Waals surface area contributed by atoms with Crippen molar-refractivity contribution >= 4 is 34.1 Å². The molecule has 2 aromatic heterocycles. The summed E-state index contributed by atoms with van der Waals surface area (Å²) >= 11 is 12.0. The van der Waals surface area contributed by atoms with Crippen molar-refractivity contribution in [3.8, 4) is 0 Å². The van der Waals surface area contributed by atoms with Crippen LogP contribution in [0.25, 0.3) is 10.9 Å². The van der Waals surface area contributed by atoms with Gasteiger partial charge in [0.25, 0.3) is 5.56 Å². The van der Waals surface area contributed by atoms with Crippen LogP contribution in [0.1, 0.15) is 12.8 Å². The first-order valence-corrected chi connectivity index (χ1v) is 7.70. The van der Waals surface area contributed by atoms with Gasteiger partial charge in [0.15, 0.2) is 0 Å². The van der Waals surface area contributed by atoms with E-state index in [2.05, 4.69) is 9.97 Å². The molecule has 3 rings (SSSR count). The van der Waals surface area contributed by atoms with Crippen LogP contribution < -0.4 is 5.56 Å². The van der Waals surface area contributed by atoms with Crippen LogP contribution in [0.5, 0.6) is 0 Å². The molecule has 22 heavy (non-hydrogen) atoms. The summed E-state index contributed by atoms with van der Waals surface area (Å²) in [5, 5.41) is 1.29. The number of halogens is 2. The largest absolute Gasteiger partial charge is 0.337 e. The highest BCUT2D eigenvalue weighted by Gasteiger charge is 2.08. The standard InChI is InChI=1S/C15H14Cl2N4O/c16-11-7-12-14(13(17)8-11)19-10-21(15(12)22)5-2-1-4-20-6-3-18-9-20/h3,6-10H,1-2,4-5H2. The fraction of sp³-hybridized carbons (Fsp3) is 0.267. The maximum atomic E-state index is 12.4. The normalized spacial score (nSPS) is 11.2. The van der Waals surface area contributed by atoms with Gasteiger partial charge in [-0.25, -0.2) is 9.97 Å². The van der Waals surface area contributed by atoms with Crippen LogP contribution in [-0.4, -0.2) is 19.1 Å². The van der Waals surface area contributed by atoms with E-state index in [-0.39, 0.29) is 5.56 Å². The van der Waals surface area contributed by atoms with Crippen LogP contribution in [0.3, 0.4) is 0 Å². The van der Waals surface area contributed by atoms with Crippen LogP contribution in [0, 0.1) is 0 Å². The van der Waals surface area contributed by atoms with Crippen molar-refractivity contribution in [2.24, 2.45) is 0 Å². The van der Waals surface area contributed by atoms with Crippen LogP contribution in [0.15, 0.2) is 42.0 Å². The molecule has 0 aliphatic rings. The van der Waals surface area contributed by atoms with Gasteiger partial charge in [-0.15, -0.1) is 0 Å². The SMILES string of the molecule is O=c1c2cc(Cl)cc(Cl)c2ncn1CCCCn1ccnc1. The maximum absolute atomic E-state index is 12.4. The van der Waals surface area contributed by atoms with E-state index in [9.17, 15) is 4.79 Å². The van der Waals surface area contributed by atoms with Crippen LogP contribution in [0.2, 0.25) is 10.0 Å². The number of aryl methyl sites for hydroxylation is 2. The quantitative estimate of drug-likeness (QED) is 0.671. The zero-order valence-electron chi connectivity index (χ0n) is 11.7. The minimum absolute atomic E-state index is 0.114. The van der Waals surface area contributed by atoms with Gasteiger partial charge in [-0.05, 0) is 25.0 Å². The van der Waals surface area contributed by atoms with Gasteiger partial charge in [0.05, 0.1) is 28.6 Å². The fourth-order valence-corrected chi connectivity index (χ4v) is 2.89. The Morgan fingerprint density at radius 3 is 2.68 bits per heavy atom. The molecule has 0 saturated heterocycles. The molecule has 0 amide bonds. The second-order valence-electron chi connectivity index (χ2n) is 5.03. The molecule has 0 aliphatic carbocycles. The topological polar surface area (TPSA) is 52.7 Å². The van der Waals surface area contributed by atoms with Crippen LogP contribution in [-0.2, 0) is 13.1 Å². The molecule has 0 aliphatic heterocycles. The predicted octanol–water partition coefficient (Wildman–Crippen LogP) is 3.38. The average Bonchev–Trinajstić information content (AvgIpc) is 2.99. The van der Waals surface area contributed by atoms with Gasteiger partial charge in [0.2, 0.25) is 0 Å². The first-order chi connectivity index (χ1) is 10.6. The number of fused-ring (bicyclic) bond motifs is 1. The molecule has 0 unspecified atom stereocenters. The van der Waals surface area contributed by atoms with Gasteiger partial charge in [-0.1, -0.05) is 23.2 Å². The molecular weight excluding hydrogens is 323 g/mol. The van der Waals surface area contributed by atoms with Gasteiger partial charge < -0.3 is 4.57 Å². The summed E-state index contributed by atoms with van der Waals surface area (Å²) in [5.41, 5.74) is 0.378. The minimum atomic E-state index is -0.114. The Morgan fingerprint density at radius 1 is 1.09 bits per heavy atom. The third kappa shape index (κ3) is 3.15. The molecule has 3 aromatic rings. The average molecular weight is 337 g/mol. The van der Waals surface area contributed by atoms with E-state index >= 15 is 0 Å². The number of rotatable bonds is 5. The molecule has 0 saturated carbocycles. The van der Waals surface area contributed by atoms with Gasteiger partial charge in [-0.3, -0.25) is 9.36 Å². The maximum Gasteiger partial charge on any atom is 0.261 e. The van der Waals surface area contributed by atoms with Gasteiger partial charge >= 0.3 is 0 Å². The summed E-state index contributed by atoms with van der Waals surface area (Å²) in [7, 11) is 0. The molecule has 7 heteroatoms. The zero-order valence-corrected chi connectivity index (χ0v) is 13.3. The van der Waals surface area contributed by atoms with Crippen molar-refractivity contribution in [2.45, 2.75) is 25.9 Å². The fourth-order valence-electron chi connectivity index (χ4n) is 2.35. The Bertz CT molecular complexity index is 843. The Balaban J connectivity index is 1.74. The molecule has 0 spiro atoms. The Hall–Kier alpha value is -1.85. The Kier molecular flexibility index (Phi) is 4.45. The van der Waals surface area contributed by atoms with Gasteiger partial charge in [0.1, 0.15) is 0 Å². The monoisotopic (exact) mass is 336 g/mol. The lowest BCUT2D eigenvalue weighted by Gasteiger charge is -2.08. The van der Waals surface area contributed by atoms with Crippen molar-refractivity contribution in [2.75, 3.05) is 0 Å². The third-order valence-electron chi connectivity index (χ3n) is 3.47. The molecule has 1 aromatic carbocycles. The number of hydrogen-bond acceptors (Lipinski definition) is 3. The summed E-state index contributed by atoms with van der Waals surface area (Å²) in [6.45, 7) is 1.49. The van der Waals surface area contributed by atoms with E-state index in [1.54, 1.807) is 35.6 Å². The molecule has 0 fully saturated rings. The molecule has 2 heterocycles. The van der Waals surface area contributed by atoms with Crippen molar-refractivity contribution < 1.29 is 0 Å². The summed E-state index contributed by atoms with van der Waals surface area (Å²) in [6.07, 6.45) is 8.84. The van der Waals surface area contributed by atoms with Crippen molar-refractivity contribution in [3.63, 3.8) is 0 Å².